The summed E-state index contributed by atoms with van der Waals surface area (Å²) in [7, 11) is 0. The lowest BCUT2D eigenvalue weighted by Gasteiger charge is -2.09. The van der Waals surface area contributed by atoms with Gasteiger partial charge < -0.3 is 9.47 Å². The number of halogens is 1. The lowest BCUT2D eigenvalue weighted by Crippen LogP contribution is -2.13. The molecule has 1 saturated heterocycles. The Morgan fingerprint density at radius 2 is 2.00 bits per heavy atom. The number of unbranched alkanes of at least 4 members (excludes halogenated alkanes) is 4. The molecule has 1 fully saturated rings. The largest absolute Gasteiger partial charge is 0.350 e. The van der Waals surface area contributed by atoms with E-state index in [1.165, 1.54) is 32.1 Å². The summed E-state index contributed by atoms with van der Waals surface area (Å²) >= 11 is 5.67. The molecule has 84 valence electrons. The normalized spacial score (nSPS) is 27.0. The van der Waals surface area contributed by atoms with Gasteiger partial charge in [0.25, 0.3) is 0 Å². The molecule has 0 aromatic carbocycles. The summed E-state index contributed by atoms with van der Waals surface area (Å²) in [6.45, 7) is 2.90. The number of alkyl halides is 1. The zero-order valence-corrected chi connectivity index (χ0v) is 9.76. The lowest BCUT2D eigenvalue weighted by atomic mass is 10.1. The minimum absolute atomic E-state index is 0.0142. The van der Waals surface area contributed by atoms with Crippen LogP contribution in [0.25, 0.3) is 0 Å². The SMILES string of the molecule is CCCCCCCC1OCC(CCl)O1. The van der Waals surface area contributed by atoms with E-state index in [4.69, 9.17) is 21.1 Å². The van der Waals surface area contributed by atoms with Crippen molar-refractivity contribution in [3.8, 4) is 0 Å². The van der Waals surface area contributed by atoms with Crippen LogP contribution in [0.1, 0.15) is 45.4 Å². The van der Waals surface area contributed by atoms with E-state index in [0.717, 1.165) is 6.42 Å². The third-order valence-corrected chi connectivity index (χ3v) is 2.87. The quantitative estimate of drug-likeness (QED) is 0.484. The van der Waals surface area contributed by atoms with Gasteiger partial charge in [0.2, 0.25) is 0 Å². The van der Waals surface area contributed by atoms with Gasteiger partial charge in [-0.25, -0.2) is 0 Å². The molecule has 2 nitrogen and oxygen atoms in total. The molecule has 14 heavy (non-hydrogen) atoms. The molecule has 0 aromatic heterocycles. The van der Waals surface area contributed by atoms with E-state index in [1.807, 2.05) is 0 Å². The van der Waals surface area contributed by atoms with Gasteiger partial charge in [-0.1, -0.05) is 32.6 Å². The van der Waals surface area contributed by atoms with Gasteiger partial charge in [-0.05, 0) is 12.8 Å². The van der Waals surface area contributed by atoms with Crippen molar-refractivity contribution in [2.75, 3.05) is 12.5 Å². The van der Waals surface area contributed by atoms with Crippen molar-refractivity contribution in [3.05, 3.63) is 0 Å². The average molecular weight is 221 g/mol. The van der Waals surface area contributed by atoms with E-state index >= 15 is 0 Å². The summed E-state index contributed by atoms with van der Waals surface area (Å²) in [5, 5.41) is 0. The predicted molar refractivity (Wildman–Crippen MR) is 58.7 cm³/mol. The van der Waals surface area contributed by atoms with Crippen molar-refractivity contribution in [1.82, 2.24) is 0 Å². The first-order valence-corrected chi connectivity index (χ1v) is 6.23. The Morgan fingerprint density at radius 3 is 2.64 bits per heavy atom. The third-order valence-electron chi connectivity index (χ3n) is 2.53. The van der Waals surface area contributed by atoms with Crippen LogP contribution in [-0.4, -0.2) is 24.9 Å². The lowest BCUT2D eigenvalue weighted by molar-refractivity contribution is -0.0599. The smallest absolute Gasteiger partial charge is 0.158 e. The fourth-order valence-electron chi connectivity index (χ4n) is 1.65. The van der Waals surface area contributed by atoms with Crippen molar-refractivity contribution in [3.63, 3.8) is 0 Å². The number of ether oxygens (including phenoxy) is 2. The summed E-state index contributed by atoms with van der Waals surface area (Å²) in [6.07, 6.45) is 7.64. The molecule has 2 unspecified atom stereocenters. The minimum Gasteiger partial charge on any atom is -0.350 e. The fourth-order valence-corrected chi connectivity index (χ4v) is 1.82. The van der Waals surface area contributed by atoms with Crippen LogP contribution in [0.15, 0.2) is 0 Å². The summed E-state index contributed by atoms with van der Waals surface area (Å²) in [5.41, 5.74) is 0. The second-order valence-corrected chi connectivity index (χ2v) is 4.19. The monoisotopic (exact) mass is 220 g/mol. The van der Waals surface area contributed by atoms with E-state index in [9.17, 15) is 0 Å². The molecule has 0 saturated carbocycles. The van der Waals surface area contributed by atoms with E-state index in [0.29, 0.717) is 12.5 Å². The zero-order valence-electron chi connectivity index (χ0n) is 9.01. The summed E-state index contributed by atoms with van der Waals surface area (Å²) in [6, 6.07) is 0. The Labute approximate surface area is 91.9 Å². The van der Waals surface area contributed by atoms with Gasteiger partial charge in [0.1, 0.15) is 0 Å². The van der Waals surface area contributed by atoms with Gasteiger partial charge in [-0.15, -0.1) is 11.6 Å². The maximum Gasteiger partial charge on any atom is 0.158 e. The molecule has 0 N–H and O–H groups in total. The van der Waals surface area contributed by atoms with Gasteiger partial charge in [-0.2, -0.15) is 0 Å². The van der Waals surface area contributed by atoms with Crippen LogP contribution in [0, 0.1) is 0 Å². The summed E-state index contributed by atoms with van der Waals surface area (Å²) in [4.78, 5) is 0. The van der Waals surface area contributed by atoms with E-state index < -0.39 is 0 Å². The van der Waals surface area contributed by atoms with Gasteiger partial charge >= 0.3 is 0 Å². The van der Waals surface area contributed by atoms with E-state index in [-0.39, 0.29) is 12.4 Å². The van der Waals surface area contributed by atoms with Gasteiger partial charge in [0.15, 0.2) is 6.29 Å². The number of hydrogen-bond donors (Lipinski definition) is 0. The topological polar surface area (TPSA) is 18.5 Å². The molecule has 3 heteroatoms. The minimum atomic E-state index is 0.0142. The highest BCUT2D eigenvalue weighted by Gasteiger charge is 2.24. The van der Waals surface area contributed by atoms with Gasteiger partial charge in [0, 0.05) is 0 Å². The van der Waals surface area contributed by atoms with E-state index in [2.05, 4.69) is 6.92 Å². The fraction of sp³-hybridized carbons (Fsp3) is 1.00. The van der Waals surface area contributed by atoms with E-state index in [1.54, 1.807) is 0 Å². The zero-order chi connectivity index (χ0) is 10.2. The maximum absolute atomic E-state index is 5.67. The number of hydrogen-bond acceptors (Lipinski definition) is 2. The van der Waals surface area contributed by atoms with Crippen LogP contribution in [0.4, 0.5) is 0 Å². The third kappa shape index (κ3) is 4.63. The van der Waals surface area contributed by atoms with Crippen LogP contribution in [-0.2, 0) is 9.47 Å². The first kappa shape index (κ1) is 12.3. The Hall–Kier alpha value is 0.210. The Kier molecular flexibility index (Phi) is 6.57. The summed E-state index contributed by atoms with van der Waals surface area (Å²) < 4.78 is 11.0. The van der Waals surface area contributed by atoms with Crippen molar-refractivity contribution in [2.45, 2.75) is 57.8 Å². The highest BCUT2D eigenvalue weighted by atomic mass is 35.5. The predicted octanol–water partition coefficient (Wildman–Crippen LogP) is 3.33. The molecule has 2 atom stereocenters. The standard InChI is InChI=1S/C11H21ClO2/c1-2-3-4-5-6-7-11-13-9-10(8-12)14-11/h10-11H,2-9H2,1H3. The Bertz CT molecular complexity index is 141. The molecule has 0 aliphatic carbocycles. The molecular weight excluding hydrogens is 200 g/mol. The molecule has 1 heterocycles. The van der Waals surface area contributed by atoms with Crippen LogP contribution in [0.2, 0.25) is 0 Å². The molecule has 0 aromatic rings. The highest BCUT2D eigenvalue weighted by Crippen LogP contribution is 2.18. The number of rotatable bonds is 7. The molecule has 0 amide bonds. The molecule has 1 rings (SSSR count). The molecular formula is C11H21ClO2. The van der Waals surface area contributed by atoms with Crippen LogP contribution < -0.4 is 0 Å². The molecule has 1 aliphatic heterocycles. The Morgan fingerprint density at radius 1 is 1.21 bits per heavy atom. The first-order valence-electron chi connectivity index (χ1n) is 5.69. The molecule has 0 radical (unpaired) electrons. The molecule has 0 bridgehead atoms. The van der Waals surface area contributed by atoms with Crippen LogP contribution in [0.3, 0.4) is 0 Å². The second-order valence-electron chi connectivity index (χ2n) is 3.88. The van der Waals surface area contributed by atoms with Crippen molar-refractivity contribution < 1.29 is 9.47 Å². The molecule has 0 spiro atoms. The highest BCUT2D eigenvalue weighted by molar-refractivity contribution is 6.18. The maximum atomic E-state index is 5.67. The second kappa shape index (κ2) is 7.49. The van der Waals surface area contributed by atoms with Crippen LogP contribution >= 0.6 is 11.6 Å². The Balaban J connectivity index is 1.92. The van der Waals surface area contributed by atoms with Crippen molar-refractivity contribution >= 4 is 11.6 Å². The average Bonchev–Trinajstić information content (AvgIpc) is 2.65. The van der Waals surface area contributed by atoms with Gasteiger partial charge in [0.05, 0.1) is 18.6 Å². The first-order chi connectivity index (χ1) is 6.86. The van der Waals surface area contributed by atoms with Crippen LogP contribution in [0.5, 0.6) is 0 Å². The van der Waals surface area contributed by atoms with Crippen molar-refractivity contribution in [1.29, 1.82) is 0 Å². The van der Waals surface area contributed by atoms with Crippen molar-refractivity contribution in [2.24, 2.45) is 0 Å². The molecule has 1 aliphatic rings. The summed E-state index contributed by atoms with van der Waals surface area (Å²) in [5.74, 6) is 0.548. The van der Waals surface area contributed by atoms with Gasteiger partial charge in [-0.3, -0.25) is 0 Å².